The van der Waals surface area contributed by atoms with E-state index in [4.69, 9.17) is 9.15 Å². The fourth-order valence-electron chi connectivity index (χ4n) is 3.43. The number of ether oxygens (including phenoxy) is 1. The van der Waals surface area contributed by atoms with Gasteiger partial charge in [-0.1, -0.05) is 0 Å². The maximum Gasteiger partial charge on any atom is 0.291 e. The van der Waals surface area contributed by atoms with Crippen LogP contribution in [-0.2, 0) is 21.8 Å². The van der Waals surface area contributed by atoms with Crippen LogP contribution in [0.5, 0.6) is 0 Å². The topological polar surface area (TPSA) is 107 Å². The summed E-state index contributed by atoms with van der Waals surface area (Å²) < 4.78 is 40.3. The lowest BCUT2D eigenvalue weighted by atomic mass is 10.3. The predicted molar refractivity (Wildman–Crippen MR) is 103 cm³/mol. The number of hydrogen-bond acceptors (Lipinski definition) is 6. The van der Waals surface area contributed by atoms with Crippen molar-refractivity contribution in [3.63, 3.8) is 0 Å². The van der Waals surface area contributed by atoms with Crippen molar-refractivity contribution in [1.82, 2.24) is 14.1 Å². The van der Waals surface area contributed by atoms with Gasteiger partial charge in [-0.05, 0) is 34.6 Å². The molecule has 9 nitrogen and oxygen atoms in total. The van der Waals surface area contributed by atoms with Crippen LogP contribution < -0.4 is 5.32 Å². The number of nitrogens with one attached hydrogen (secondary N) is 1. The number of amides is 1. The Balaban J connectivity index is 1.87. The van der Waals surface area contributed by atoms with E-state index in [9.17, 15) is 13.2 Å². The van der Waals surface area contributed by atoms with Gasteiger partial charge in [0.05, 0.1) is 29.3 Å². The molecular formula is C18H26N4O5S. The van der Waals surface area contributed by atoms with Gasteiger partial charge in [0.1, 0.15) is 10.7 Å². The Hall–Kier alpha value is -2.17. The zero-order valence-electron chi connectivity index (χ0n) is 16.9. The molecule has 0 spiro atoms. The third-order valence-corrected chi connectivity index (χ3v) is 6.79. The maximum atomic E-state index is 13.1. The number of morpholine rings is 1. The number of aromatic nitrogens is 2. The molecule has 154 valence electrons. The number of hydrogen-bond donors (Lipinski definition) is 1. The number of sulfonamides is 1. The zero-order chi connectivity index (χ0) is 20.8. The molecule has 1 aliphatic rings. The van der Waals surface area contributed by atoms with Gasteiger partial charge in [0.25, 0.3) is 5.91 Å². The van der Waals surface area contributed by atoms with Gasteiger partial charge < -0.3 is 14.5 Å². The molecule has 3 rings (SSSR count). The first kappa shape index (κ1) is 20.6. The van der Waals surface area contributed by atoms with Crippen molar-refractivity contribution in [3.05, 3.63) is 29.0 Å². The third-order valence-electron chi connectivity index (χ3n) is 4.85. The maximum absolute atomic E-state index is 13.1. The van der Waals surface area contributed by atoms with Crippen LogP contribution in [0, 0.1) is 20.8 Å². The molecule has 1 aliphatic heterocycles. The number of anilines is 1. The van der Waals surface area contributed by atoms with E-state index in [0.29, 0.717) is 11.4 Å². The van der Waals surface area contributed by atoms with Gasteiger partial charge in [-0.3, -0.25) is 9.48 Å². The average Bonchev–Trinajstić information content (AvgIpc) is 3.10. The minimum Gasteiger partial charge on any atom is -0.455 e. The highest BCUT2D eigenvalue weighted by atomic mass is 32.2. The van der Waals surface area contributed by atoms with Crippen LogP contribution in [0.4, 0.5) is 5.69 Å². The Kier molecular flexibility index (Phi) is 5.39. The van der Waals surface area contributed by atoms with Crippen LogP contribution in [0.25, 0.3) is 0 Å². The van der Waals surface area contributed by atoms with Crippen LogP contribution in [0.3, 0.4) is 0 Å². The van der Waals surface area contributed by atoms with Gasteiger partial charge in [0.15, 0.2) is 5.76 Å². The minimum atomic E-state index is -3.79. The standard InChI is InChI=1S/C18H26N4O5S/c1-10-8-22(9-11(2)26-10)28(24,25)16-7-15(27-14(16)5)18(23)19-17-12(3)20-21(6)13(17)4/h7,10-11H,8-9H2,1-6H3,(H,19,23)/t10-,11+. The number of furan rings is 1. The molecular weight excluding hydrogens is 384 g/mol. The van der Waals surface area contributed by atoms with Gasteiger partial charge >= 0.3 is 0 Å². The Morgan fingerprint density at radius 1 is 1.21 bits per heavy atom. The summed E-state index contributed by atoms with van der Waals surface area (Å²) in [5.41, 5.74) is 2.04. The van der Waals surface area contributed by atoms with Crippen molar-refractivity contribution in [2.75, 3.05) is 18.4 Å². The smallest absolute Gasteiger partial charge is 0.291 e. The predicted octanol–water partition coefficient (Wildman–Crippen LogP) is 1.99. The highest BCUT2D eigenvalue weighted by Crippen LogP contribution is 2.27. The number of aryl methyl sites for hydroxylation is 3. The Bertz CT molecular complexity index is 998. The van der Waals surface area contributed by atoms with Crippen molar-refractivity contribution >= 4 is 21.6 Å². The molecule has 0 saturated carbocycles. The largest absolute Gasteiger partial charge is 0.455 e. The summed E-state index contributed by atoms with van der Waals surface area (Å²) in [6.07, 6.45) is -0.407. The average molecular weight is 410 g/mol. The van der Waals surface area contributed by atoms with Crippen molar-refractivity contribution in [1.29, 1.82) is 0 Å². The first-order chi connectivity index (χ1) is 13.0. The van der Waals surface area contributed by atoms with Crippen molar-refractivity contribution in [2.24, 2.45) is 7.05 Å². The van der Waals surface area contributed by atoms with Crippen LogP contribution in [0.15, 0.2) is 15.4 Å². The van der Waals surface area contributed by atoms with Gasteiger partial charge in [0.2, 0.25) is 10.0 Å². The Morgan fingerprint density at radius 3 is 2.36 bits per heavy atom. The second-order valence-corrected chi connectivity index (χ2v) is 9.14. The molecule has 1 saturated heterocycles. The molecule has 1 N–H and O–H groups in total. The second-order valence-electron chi connectivity index (χ2n) is 7.23. The van der Waals surface area contributed by atoms with Gasteiger partial charge in [-0.2, -0.15) is 9.40 Å². The van der Waals surface area contributed by atoms with E-state index in [-0.39, 0.29) is 41.7 Å². The summed E-state index contributed by atoms with van der Waals surface area (Å²) in [4.78, 5) is 12.6. The zero-order valence-corrected chi connectivity index (χ0v) is 17.8. The molecule has 0 unspecified atom stereocenters. The number of nitrogens with zero attached hydrogens (tertiary/aromatic N) is 3. The molecule has 0 radical (unpaired) electrons. The Morgan fingerprint density at radius 2 is 1.82 bits per heavy atom. The van der Waals surface area contributed by atoms with E-state index < -0.39 is 15.9 Å². The van der Waals surface area contributed by atoms with Crippen molar-refractivity contribution in [2.45, 2.75) is 51.7 Å². The lowest BCUT2D eigenvalue weighted by Crippen LogP contribution is -2.48. The molecule has 1 amide bonds. The molecule has 2 atom stereocenters. The molecule has 10 heteroatoms. The summed E-state index contributed by atoms with van der Waals surface area (Å²) in [7, 11) is -2.01. The molecule has 0 aliphatic carbocycles. The first-order valence-corrected chi connectivity index (χ1v) is 10.5. The van der Waals surface area contributed by atoms with Crippen LogP contribution >= 0.6 is 0 Å². The van der Waals surface area contributed by atoms with Crippen molar-refractivity contribution < 1.29 is 22.4 Å². The molecule has 0 aromatic carbocycles. The highest BCUT2D eigenvalue weighted by molar-refractivity contribution is 7.89. The van der Waals surface area contributed by atoms with Gasteiger partial charge in [-0.25, -0.2) is 8.42 Å². The lowest BCUT2D eigenvalue weighted by Gasteiger charge is -2.34. The summed E-state index contributed by atoms with van der Waals surface area (Å²) >= 11 is 0. The molecule has 3 heterocycles. The molecule has 0 bridgehead atoms. The fourth-order valence-corrected chi connectivity index (χ4v) is 5.18. The van der Waals surface area contributed by atoms with Gasteiger partial charge in [0, 0.05) is 26.2 Å². The van der Waals surface area contributed by atoms with E-state index >= 15 is 0 Å². The van der Waals surface area contributed by atoms with Gasteiger partial charge in [-0.15, -0.1) is 0 Å². The van der Waals surface area contributed by atoms with E-state index in [1.54, 1.807) is 18.7 Å². The number of carbonyl (C=O) groups excluding carboxylic acids is 1. The summed E-state index contributed by atoms with van der Waals surface area (Å²) in [5.74, 6) is -0.405. The molecule has 28 heavy (non-hydrogen) atoms. The molecule has 2 aromatic rings. The fraction of sp³-hybridized carbons (Fsp3) is 0.556. The van der Waals surface area contributed by atoms with E-state index in [2.05, 4.69) is 10.4 Å². The SMILES string of the molecule is Cc1nn(C)c(C)c1NC(=O)c1cc(S(=O)(=O)N2C[C@@H](C)O[C@@H](C)C2)c(C)o1. The second kappa shape index (κ2) is 7.34. The quantitative estimate of drug-likeness (QED) is 0.826. The van der Waals surface area contributed by atoms with E-state index in [1.165, 1.54) is 17.3 Å². The van der Waals surface area contributed by atoms with E-state index in [1.807, 2.05) is 20.8 Å². The summed E-state index contributed by atoms with van der Waals surface area (Å²) in [6, 6.07) is 1.28. The lowest BCUT2D eigenvalue weighted by molar-refractivity contribution is -0.0441. The Labute approximate surface area is 164 Å². The first-order valence-electron chi connectivity index (χ1n) is 9.08. The van der Waals surface area contributed by atoms with Crippen LogP contribution in [0.2, 0.25) is 0 Å². The number of rotatable bonds is 4. The summed E-state index contributed by atoms with van der Waals surface area (Å²) in [6.45, 7) is 9.33. The third kappa shape index (κ3) is 3.71. The number of carbonyl (C=O) groups is 1. The van der Waals surface area contributed by atoms with Crippen LogP contribution in [0.1, 0.15) is 41.6 Å². The molecule has 2 aromatic heterocycles. The summed E-state index contributed by atoms with van der Waals surface area (Å²) in [5, 5.41) is 7.01. The monoisotopic (exact) mass is 410 g/mol. The minimum absolute atomic E-state index is 0.00131. The van der Waals surface area contributed by atoms with E-state index in [0.717, 1.165) is 5.69 Å². The van der Waals surface area contributed by atoms with Crippen molar-refractivity contribution in [3.8, 4) is 0 Å². The van der Waals surface area contributed by atoms with Crippen LogP contribution in [-0.4, -0.2) is 53.7 Å². The highest BCUT2D eigenvalue weighted by Gasteiger charge is 2.35. The normalized spacial score (nSPS) is 21.1. The molecule has 1 fully saturated rings.